The van der Waals surface area contributed by atoms with Crippen LogP contribution in [0.5, 0.6) is 0 Å². The van der Waals surface area contributed by atoms with E-state index in [1.807, 2.05) is 0 Å². The zero-order valence-electron chi connectivity index (χ0n) is 10.6. The summed E-state index contributed by atoms with van der Waals surface area (Å²) in [5.74, 6) is 0.939. The van der Waals surface area contributed by atoms with Gasteiger partial charge in [-0.3, -0.25) is 0 Å². The molecule has 0 unspecified atom stereocenters. The van der Waals surface area contributed by atoms with E-state index in [9.17, 15) is 0 Å². The van der Waals surface area contributed by atoms with Gasteiger partial charge in [0.05, 0.1) is 6.10 Å². The van der Waals surface area contributed by atoms with Crippen LogP contribution in [-0.2, 0) is 4.74 Å². The van der Waals surface area contributed by atoms with Gasteiger partial charge in [-0.25, -0.2) is 0 Å². The van der Waals surface area contributed by atoms with Crippen molar-refractivity contribution in [1.82, 2.24) is 0 Å². The summed E-state index contributed by atoms with van der Waals surface area (Å²) >= 11 is 0. The Bertz CT molecular complexity index is 136. The molecule has 0 aromatic heterocycles. The van der Waals surface area contributed by atoms with E-state index in [4.69, 9.17) is 4.74 Å². The van der Waals surface area contributed by atoms with Crippen LogP contribution in [0.3, 0.4) is 0 Å². The largest absolute Gasteiger partial charge is 0.378 e. The van der Waals surface area contributed by atoms with Gasteiger partial charge in [0.25, 0.3) is 0 Å². The summed E-state index contributed by atoms with van der Waals surface area (Å²) < 4.78 is 5.91. The SMILES string of the molecule is CCCCCCCOC1CCC(C)CC1. The monoisotopic (exact) mass is 212 g/mol. The van der Waals surface area contributed by atoms with Crippen LogP contribution in [0.4, 0.5) is 0 Å². The lowest BCUT2D eigenvalue weighted by molar-refractivity contribution is 0.0179. The van der Waals surface area contributed by atoms with Crippen LogP contribution in [-0.4, -0.2) is 12.7 Å². The number of unbranched alkanes of at least 4 members (excludes halogenated alkanes) is 4. The van der Waals surface area contributed by atoms with Crippen LogP contribution >= 0.6 is 0 Å². The van der Waals surface area contributed by atoms with Crippen LogP contribution in [0.25, 0.3) is 0 Å². The Morgan fingerprint density at radius 2 is 1.60 bits per heavy atom. The zero-order chi connectivity index (χ0) is 10.9. The lowest BCUT2D eigenvalue weighted by Gasteiger charge is -2.26. The highest BCUT2D eigenvalue weighted by molar-refractivity contribution is 4.69. The van der Waals surface area contributed by atoms with Gasteiger partial charge in [-0.05, 0) is 38.0 Å². The molecule has 0 spiro atoms. The second-order valence-electron chi connectivity index (χ2n) is 5.17. The lowest BCUT2D eigenvalue weighted by atomic mass is 9.89. The minimum atomic E-state index is 0.590. The molecule has 15 heavy (non-hydrogen) atoms. The van der Waals surface area contributed by atoms with E-state index in [0.717, 1.165) is 12.5 Å². The van der Waals surface area contributed by atoms with Crippen LogP contribution in [0, 0.1) is 5.92 Å². The molecule has 1 fully saturated rings. The average Bonchev–Trinajstić information content (AvgIpc) is 2.26. The Morgan fingerprint density at radius 3 is 2.27 bits per heavy atom. The molecular weight excluding hydrogens is 184 g/mol. The van der Waals surface area contributed by atoms with Crippen LogP contribution in [0.1, 0.15) is 71.6 Å². The van der Waals surface area contributed by atoms with Gasteiger partial charge in [0.2, 0.25) is 0 Å². The highest BCUT2D eigenvalue weighted by Gasteiger charge is 2.17. The molecule has 0 radical (unpaired) electrons. The van der Waals surface area contributed by atoms with E-state index >= 15 is 0 Å². The normalized spacial score (nSPS) is 26.8. The van der Waals surface area contributed by atoms with Crippen molar-refractivity contribution in [3.05, 3.63) is 0 Å². The number of hydrogen-bond acceptors (Lipinski definition) is 1. The van der Waals surface area contributed by atoms with Crippen molar-refractivity contribution in [3.63, 3.8) is 0 Å². The van der Waals surface area contributed by atoms with Gasteiger partial charge in [0, 0.05) is 6.61 Å². The first-order valence-electron chi connectivity index (χ1n) is 6.94. The molecule has 1 nitrogen and oxygen atoms in total. The van der Waals surface area contributed by atoms with Crippen LogP contribution in [0.15, 0.2) is 0 Å². The average molecular weight is 212 g/mol. The molecule has 1 aliphatic rings. The maximum Gasteiger partial charge on any atom is 0.0575 e. The third-order valence-corrected chi connectivity index (χ3v) is 3.56. The molecule has 0 atom stereocenters. The fourth-order valence-corrected chi connectivity index (χ4v) is 2.35. The molecule has 0 aromatic rings. The maximum atomic E-state index is 5.91. The summed E-state index contributed by atoms with van der Waals surface area (Å²) in [5.41, 5.74) is 0. The number of rotatable bonds is 7. The molecule has 0 aromatic carbocycles. The highest BCUT2D eigenvalue weighted by Crippen LogP contribution is 2.25. The van der Waals surface area contributed by atoms with E-state index in [0.29, 0.717) is 6.10 Å². The molecule has 1 heteroatoms. The standard InChI is InChI=1S/C14H28O/c1-3-4-5-6-7-12-15-14-10-8-13(2)9-11-14/h13-14H,3-12H2,1-2H3. The van der Waals surface area contributed by atoms with Gasteiger partial charge >= 0.3 is 0 Å². The highest BCUT2D eigenvalue weighted by atomic mass is 16.5. The predicted molar refractivity (Wildman–Crippen MR) is 66.1 cm³/mol. The summed E-state index contributed by atoms with van der Waals surface area (Å²) in [7, 11) is 0. The Kier molecular flexibility index (Phi) is 7.08. The summed E-state index contributed by atoms with van der Waals surface area (Å²) in [4.78, 5) is 0. The summed E-state index contributed by atoms with van der Waals surface area (Å²) in [5, 5.41) is 0. The van der Waals surface area contributed by atoms with E-state index < -0.39 is 0 Å². The smallest absolute Gasteiger partial charge is 0.0575 e. The minimum absolute atomic E-state index is 0.590. The molecule has 1 saturated carbocycles. The fourth-order valence-electron chi connectivity index (χ4n) is 2.35. The van der Waals surface area contributed by atoms with E-state index in [1.165, 1.54) is 57.8 Å². The predicted octanol–water partition coefficient (Wildman–Crippen LogP) is 4.55. The fraction of sp³-hybridized carbons (Fsp3) is 1.00. The molecule has 1 aliphatic carbocycles. The van der Waals surface area contributed by atoms with Crippen molar-refractivity contribution < 1.29 is 4.74 Å². The maximum absolute atomic E-state index is 5.91. The molecule has 0 saturated heterocycles. The van der Waals surface area contributed by atoms with Crippen LogP contribution < -0.4 is 0 Å². The first-order valence-corrected chi connectivity index (χ1v) is 6.94. The Balaban J connectivity index is 1.87. The van der Waals surface area contributed by atoms with Crippen LogP contribution in [0.2, 0.25) is 0 Å². The van der Waals surface area contributed by atoms with Gasteiger partial charge in [-0.2, -0.15) is 0 Å². The van der Waals surface area contributed by atoms with E-state index in [-0.39, 0.29) is 0 Å². The molecule has 0 aliphatic heterocycles. The van der Waals surface area contributed by atoms with Crippen molar-refractivity contribution in [2.75, 3.05) is 6.61 Å². The lowest BCUT2D eigenvalue weighted by Crippen LogP contribution is -2.20. The number of ether oxygens (including phenoxy) is 1. The quantitative estimate of drug-likeness (QED) is 0.562. The summed E-state index contributed by atoms with van der Waals surface area (Å²) in [6.07, 6.45) is 12.7. The Hall–Kier alpha value is -0.0400. The van der Waals surface area contributed by atoms with Gasteiger partial charge in [-0.1, -0.05) is 39.5 Å². The van der Waals surface area contributed by atoms with Crippen molar-refractivity contribution >= 4 is 0 Å². The van der Waals surface area contributed by atoms with Gasteiger partial charge in [0.15, 0.2) is 0 Å². The molecule has 0 bridgehead atoms. The molecule has 0 N–H and O–H groups in total. The van der Waals surface area contributed by atoms with Gasteiger partial charge < -0.3 is 4.74 Å². The Labute approximate surface area is 95.6 Å². The first-order chi connectivity index (χ1) is 7.33. The minimum Gasteiger partial charge on any atom is -0.378 e. The molecule has 0 heterocycles. The summed E-state index contributed by atoms with van der Waals surface area (Å²) in [6.45, 7) is 5.63. The van der Waals surface area contributed by atoms with Crippen molar-refractivity contribution in [2.24, 2.45) is 5.92 Å². The van der Waals surface area contributed by atoms with Crippen molar-refractivity contribution in [1.29, 1.82) is 0 Å². The molecule has 1 rings (SSSR count). The molecule has 90 valence electrons. The zero-order valence-corrected chi connectivity index (χ0v) is 10.6. The second kappa shape index (κ2) is 8.15. The first kappa shape index (κ1) is 13.0. The van der Waals surface area contributed by atoms with Crippen molar-refractivity contribution in [2.45, 2.75) is 77.7 Å². The third-order valence-electron chi connectivity index (χ3n) is 3.56. The van der Waals surface area contributed by atoms with E-state index in [2.05, 4.69) is 13.8 Å². The number of hydrogen-bond donors (Lipinski definition) is 0. The molecule has 0 amide bonds. The van der Waals surface area contributed by atoms with Gasteiger partial charge in [0.1, 0.15) is 0 Å². The Morgan fingerprint density at radius 1 is 0.933 bits per heavy atom. The van der Waals surface area contributed by atoms with Gasteiger partial charge in [-0.15, -0.1) is 0 Å². The van der Waals surface area contributed by atoms with Crippen molar-refractivity contribution in [3.8, 4) is 0 Å². The molecular formula is C14H28O. The van der Waals surface area contributed by atoms with E-state index in [1.54, 1.807) is 0 Å². The third kappa shape index (κ3) is 6.19. The second-order valence-corrected chi connectivity index (χ2v) is 5.17. The summed E-state index contributed by atoms with van der Waals surface area (Å²) in [6, 6.07) is 0. The topological polar surface area (TPSA) is 9.23 Å².